The minimum absolute atomic E-state index is 0.234. The quantitative estimate of drug-likeness (QED) is 0.357. The van der Waals surface area contributed by atoms with Gasteiger partial charge in [-0.15, -0.1) is 0 Å². The molecule has 0 aliphatic carbocycles. The largest absolute Gasteiger partial charge is 0.494 e. The molecule has 5 heteroatoms. The first-order valence-electron chi connectivity index (χ1n) is 11.6. The van der Waals surface area contributed by atoms with Gasteiger partial charge in [-0.3, -0.25) is 0 Å². The van der Waals surface area contributed by atoms with Crippen molar-refractivity contribution >= 4 is 16.6 Å². The molecule has 1 atom stereocenters. The fourth-order valence-corrected chi connectivity index (χ4v) is 4.61. The highest BCUT2D eigenvalue weighted by atomic mass is 19.1. The fraction of sp³-hybridized carbons (Fsp3) is 0.207. The number of rotatable bonds is 6. The summed E-state index contributed by atoms with van der Waals surface area (Å²) in [6, 6.07) is 25.0. The van der Waals surface area contributed by atoms with Gasteiger partial charge in [-0.2, -0.15) is 0 Å². The Morgan fingerprint density at radius 3 is 2.29 bits per heavy atom. The number of hydrogen-bond acceptors (Lipinski definition) is 4. The molecule has 0 bridgehead atoms. The van der Waals surface area contributed by atoms with Crippen molar-refractivity contribution in [3.05, 3.63) is 102 Å². The Bertz CT molecular complexity index is 1340. The lowest BCUT2D eigenvalue weighted by molar-refractivity contribution is 0.251. The first kappa shape index (κ1) is 22.0. The summed E-state index contributed by atoms with van der Waals surface area (Å²) < 4.78 is 20.5. The monoisotopic (exact) mass is 453 g/mol. The highest BCUT2D eigenvalue weighted by molar-refractivity contribution is 5.90. The van der Waals surface area contributed by atoms with E-state index in [0.29, 0.717) is 11.7 Å². The predicted molar refractivity (Wildman–Crippen MR) is 136 cm³/mol. The minimum atomic E-state index is -0.297. The van der Waals surface area contributed by atoms with Gasteiger partial charge in [-0.25, -0.2) is 9.37 Å². The SMILES string of the molecule is COc1c(-c2ccccc2)nc2ccc(F)cc2c1C1NC(c2ccccc2)=CN1CC(C)C. The number of benzene rings is 3. The van der Waals surface area contributed by atoms with Gasteiger partial charge in [0.25, 0.3) is 0 Å². The van der Waals surface area contributed by atoms with Crippen LogP contribution in [0.2, 0.25) is 0 Å². The van der Waals surface area contributed by atoms with Crippen LogP contribution in [0.5, 0.6) is 5.75 Å². The number of methoxy groups -OCH3 is 1. The van der Waals surface area contributed by atoms with Gasteiger partial charge >= 0.3 is 0 Å². The molecule has 34 heavy (non-hydrogen) atoms. The molecule has 0 amide bonds. The van der Waals surface area contributed by atoms with Crippen LogP contribution in [0.3, 0.4) is 0 Å². The zero-order valence-electron chi connectivity index (χ0n) is 19.6. The van der Waals surface area contributed by atoms with Crippen molar-refractivity contribution in [2.45, 2.75) is 20.0 Å². The molecule has 1 aliphatic heterocycles. The molecule has 1 unspecified atom stereocenters. The number of ether oxygens (including phenoxy) is 1. The van der Waals surface area contributed by atoms with Gasteiger partial charge in [0.2, 0.25) is 0 Å². The summed E-state index contributed by atoms with van der Waals surface area (Å²) in [5, 5.41) is 4.44. The van der Waals surface area contributed by atoms with Crippen molar-refractivity contribution in [2.75, 3.05) is 13.7 Å². The summed E-state index contributed by atoms with van der Waals surface area (Å²) in [5.74, 6) is 0.785. The Morgan fingerprint density at radius 1 is 0.971 bits per heavy atom. The van der Waals surface area contributed by atoms with Crippen LogP contribution in [0.4, 0.5) is 4.39 Å². The summed E-state index contributed by atoms with van der Waals surface area (Å²) in [7, 11) is 1.66. The highest BCUT2D eigenvalue weighted by Crippen LogP contribution is 2.43. The van der Waals surface area contributed by atoms with E-state index in [1.54, 1.807) is 19.2 Å². The summed E-state index contributed by atoms with van der Waals surface area (Å²) >= 11 is 0. The number of fused-ring (bicyclic) bond motifs is 1. The average Bonchev–Trinajstić information content (AvgIpc) is 3.26. The van der Waals surface area contributed by atoms with Crippen LogP contribution in [0.25, 0.3) is 27.9 Å². The molecule has 0 fully saturated rings. The van der Waals surface area contributed by atoms with Gasteiger partial charge in [0.05, 0.1) is 18.3 Å². The van der Waals surface area contributed by atoms with E-state index in [4.69, 9.17) is 9.72 Å². The molecule has 1 aliphatic rings. The molecule has 2 heterocycles. The maximum atomic E-state index is 14.5. The maximum Gasteiger partial charge on any atom is 0.152 e. The van der Waals surface area contributed by atoms with Crippen LogP contribution in [0.1, 0.15) is 31.1 Å². The third kappa shape index (κ3) is 4.10. The second-order valence-electron chi connectivity index (χ2n) is 8.98. The number of pyridine rings is 1. The van der Waals surface area contributed by atoms with Gasteiger partial charge in [-0.1, -0.05) is 74.5 Å². The Hall–Kier alpha value is -3.86. The third-order valence-corrected chi connectivity index (χ3v) is 6.05. The molecule has 4 aromatic rings. The summed E-state index contributed by atoms with van der Waals surface area (Å²) in [6.07, 6.45) is 1.93. The highest BCUT2D eigenvalue weighted by Gasteiger charge is 2.32. The van der Waals surface area contributed by atoms with E-state index in [0.717, 1.165) is 45.5 Å². The molecule has 4 nitrogen and oxygen atoms in total. The molecular weight excluding hydrogens is 425 g/mol. The van der Waals surface area contributed by atoms with Crippen LogP contribution < -0.4 is 10.1 Å². The van der Waals surface area contributed by atoms with Gasteiger partial charge in [0.15, 0.2) is 5.75 Å². The molecule has 0 saturated carbocycles. The van der Waals surface area contributed by atoms with Crippen LogP contribution >= 0.6 is 0 Å². The van der Waals surface area contributed by atoms with E-state index in [1.807, 2.05) is 48.5 Å². The van der Waals surface area contributed by atoms with E-state index in [-0.39, 0.29) is 12.0 Å². The zero-order valence-corrected chi connectivity index (χ0v) is 19.6. The van der Waals surface area contributed by atoms with E-state index >= 15 is 0 Å². The van der Waals surface area contributed by atoms with Crippen molar-refractivity contribution in [1.29, 1.82) is 0 Å². The van der Waals surface area contributed by atoms with E-state index in [9.17, 15) is 4.39 Å². The third-order valence-electron chi connectivity index (χ3n) is 6.05. The van der Waals surface area contributed by atoms with Crippen molar-refractivity contribution in [2.24, 2.45) is 5.92 Å². The molecule has 0 radical (unpaired) electrons. The van der Waals surface area contributed by atoms with Crippen molar-refractivity contribution < 1.29 is 9.13 Å². The lowest BCUT2D eigenvalue weighted by atomic mass is 9.99. The standard InChI is InChI=1S/C29H28FN3O/c1-19(2)17-33-18-25(20-10-6-4-7-11-20)32-29(33)26-23-16-22(30)14-15-24(23)31-27(28(26)34-3)21-12-8-5-9-13-21/h4-16,18-19,29,32H,17H2,1-3H3. The van der Waals surface area contributed by atoms with Crippen LogP contribution in [0, 0.1) is 11.7 Å². The van der Waals surface area contributed by atoms with Crippen LogP contribution in [0.15, 0.2) is 85.1 Å². The van der Waals surface area contributed by atoms with E-state index < -0.39 is 0 Å². The molecule has 172 valence electrons. The average molecular weight is 454 g/mol. The molecule has 0 spiro atoms. The predicted octanol–water partition coefficient (Wildman–Crippen LogP) is 6.61. The summed E-state index contributed by atoms with van der Waals surface area (Å²) in [6.45, 7) is 5.22. The molecule has 1 aromatic heterocycles. The first-order valence-corrected chi connectivity index (χ1v) is 11.6. The van der Waals surface area contributed by atoms with Gasteiger partial charge in [0.1, 0.15) is 17.7 Å². The van der Waals surface area contributed by atoms with Gasteiger partial charge < -0.3 is 15.0 Å². The zero-order chi connectivity index (χ0) is 23.7. The molecule has 5 rings (SSSR count). The van der Waals surface area contributed by atoms with E-state index in [1.165, 1.54) is 6.07 Å². The van der Waals surface area contributed by atoms with Crippen LogP contribution in [-0.4, -0.2) is 23.5 Å². The Labute approximate surface area is 199 Å². The lowest BCUT2D eigenvalue weighted by Gasteiger charge is -2.30. The van der Waals surface area contributed by atoms with Crippen LogP contribution in [-0.2, 0) is 0 Å². The van der Waals surface area contributed by atoms with Crippen molar-refractivity contribution in [3.8, 4) is 17.0 Å². The normalized spacial score (nSPS) is 15.5. The molecular formula is C29H28FN3O. The van der Waals surface area contributed by atoms with Crippen molar-refractivity contribution in [1.82, 2.24) is 15.2 Å². The number of halogens is 1. The number of aromatic nitrogens is 1. The van der Waals surface area contributed by atoms with Crippen molar-refractivity contribution in [3.63, 3.8) is 0 Å². The maximum absolute atomic E-state index is 14.5. The summed E-state index contributed by atoms with van der Waals surface area (Å²) in [5.41, 5.74) is 5.44. The Kier molecular flexibility index (Phi) is 5.93. The molecule has 1 N–H and O–H groups in total. The Balaban J connectivity index is 1.73. The first-order chi connectivity index (χ1) is 16.5. The van der Waals surface area contributed by atoms with Gasteiger partial charge in [0, 0.05) is 29.3 Å². The Morgan fingerprint density at radius 2 is 1.65 bits per heavy atom. The number of nitrogens with zero attached hydrogens (tertiary/aromatic N) is 2. The topological polar surface area (TPSA) is 37.4 Å². The second-order valence-corrected chi connectivity index (χ2v) is 8.98. The van der Waals surface area contributed by atoms with E-state index in [2.05, 4.69) is 42.4 Å². The number of hydrogen-bond donors (Lipinski definition) is 1. The summed E-state index contributed by atoms with van der Waals surface area (Å²) in [4.78, 5) is 7.18. The fourth-order valence-electron chi connectivity index (χ4n) is 4.61. The lowest BCUT2D eigenvalue weighted by Crippen LogP contribution is -2.31. The molecule has 0 saturated heterocycles. The second kappa shape index (κ2) is 9.18. The molecule has 3 aromatic carbocycles. The minimum Gasteiger partial charge on any atom is -0.494 e. The smallest absolute Gasteiger partial charge is 0.152 e. The van der Waals surface area contributed by atoms with Gasteiger partial charge in [-0.05, 0) is 29.7 Å². The number of nitrogens with one attached hydrogen (secondary N) is 1.